The number of hydrogen-bond acceptors (Lipinski definition) is 1. The minimum Gasteiger partial charge on any atom is -0.469 e. The summed E-state index contributed by atoms with van der Waals surface area (Å²) >= 11 is 0. The maximum absolute atomic E-state index is 5.54. The van der Waals surface area contributed by atoms with Crippen molar-refractivity contribution < 1.29 is 4.74 Å². The zero-order valence-corrected chi connectivity index (χ0v) is 10.7. The average Bonchev–Trinajstić information content (AvgIpc) is 1.95. The van der Waals surface area contributed by atoms with E-state index in [4.69, 9.17) is 4.74 Å². The molecule has 0 saturated carbocycles. The zero-order chi connectivity index (χ0) is 11.6. The van der Waals surface area contributed by atoms with Gasteiger partial charge in [0.25, 0.3) is 0 Å². The molecule has 0 atom stereocenters. The van der Waals surface area contributed by atoms with E-state index < -0.39 is 0 Å². The Morgan fingerprint density at radius 1 is 1.00 bits per heavy atom. The van der Waals surface area contributed by atoms with E-state index in [0.29, 0.717) is 0 Å². The van der Waals surface area contributed by atoms with E-state index >= 15 is 0 Å². The second-order valence-electron chi connectivity index (χ2n) is 5.84. The monoisotopic (exact) mass is 196 g/mol. The van der Waals surface area contributed by atoms with Crippen molar-refractivity contribution in [2.75, 3.05) is 0 Å². The standard InChI is InChI=1S/C13H24O/c1-10(12(3,4)5)9-14-11(2)13(6,7)8/h9H,2H2,1,3-8H3/b10-9+. The molecular formula is C13H24O. The Kier molecular flexibility index (Phi) is 3.99. The summed E-state index contributed by atoms with van der Waals surface area (Å²) < 4.78 is 5.54. The molecule has 82 valence electrons. The third kappa shape index (κ3) is 4.50. The van der Waals surface area contributed by atoms with Crippen molar-refractivity contribution in [2.45, 2.75) is 48.5 Å². The Bertz CT molecular complexity index is 233. The molecule has 0 aliphatic carbocycles. The number of rotatable bonds is 2. The molecule has 1 nitrogen and oxygen atoms in total. The summed E-state index contributed by atoms with van der Waals surface area (Å²) in [6, 6.07) is 0. The highest BCUT2D eigenvalue weighted by Gasteiger charge is 2.17. The first-order valence-corrected chi connectivity index (χ1v) is 5.08. The molecule has 0 unspecified atom stereocenters. The number of ether oxygens (including phenoxy) is 1. The number of allylic oxidation sites excluding steroid dienone is 2. The van der Waals surface area contributed by atoms with Crippen molar-refractivity contribution in [1.82, 2.24) is 0 Å². The van der Waals surface area contributed by atoms with Crippen molar-refractivity contribution in [3.05, 3.63) is 24.2 Å². The van der Waals surface area contributed by atoms with Gasteiger partial charge in [-0.15, -0.1) is 0 Å². The maximum atomic E-state index is 5.54. The Labute approximate surface area is 88.9 Å². The molecule has 0 saturated heterocycles. The van der Waals surface area contributed by atoms with E-state index in [9.17, 15) is 0 Å². The molecule has 0 spiro atoms. The molecule has 14 heavy (non-hydrogen) atoms. The van der Waals surface area contributed by atoms with Crippen LogP contribution in [0.3, 0.4) is 0 Å². The Morgan fingerprint density at radius 2 is 1.43 bits per heavy atom. The fraction of sp³-hybridized carbons (Fsp3) is 0.692. The molecule has 0 aromatic rings. The van der Waals surface area contributed by atoms with E-state index in [-0.39, 0.29) is 10.8 Å². The van der Waals surface area contributed by atoms with Gasteiger partial charge >= 0.3 is 0 Å². The molecule has 0 amide bonds. The molecule has 1 heteroatoms. The first-order chi connectivity index (χ1) is 6.05. The Balaban J connectivity index is 4.39. The van der Waals surface area contributed by atoms with Gasteiger partial charge in [-0.05, 0) is 17.9 Å². The molecule has 0 bridgehead atoms. The fourth-order valence-corrected chi connectivity index (χ4v) is 0.513. The van der Waals surface area contributed by atoms with Gasteiger partial charge in [0.1, 0.15) is 5.76 Å². The third-order valence-electron chi connectivity index (χ3n) is 2.40. The Morgan fingerprint density at radius 3 is 1.71 bits per heavy atom. The zero-order valence-electron chi connectivity index (χ0n) is 10.7. The van der Waals surface area contributed by atoms with Crippen LogP contribution >= 0.6 is 0 Å². The van der Waals surface area contributed by atoms with E-state index in [1.165, 1.54) is 5.57 Å². The molecule has 0 aromatic heterocycles. The Hall–Kier alpha value is -0.720. The van der Waals surface area contributed by atoms with Crippen LogP contribution in [-0.2, 0) is 4.74 Å². The minimum absolute atomic E-state index is 0.00860. The van der Waals surface area contributed by atoms with Gasteiger partial charge < -0.3 is 4.74 Å². The normalized spacial score (nSPS) is 14.1. The molecule has 0 rings (SSSR count). The van der Waals surface area contributed by atoms with E-state index in [0.717, 1.165) is 5.76 Å². The summed E-state index contributed by atoms with van der Waals surface area (Å²) in [5.41, 5.74) is 1.40. The van der Waals surface area contributed by atoms with Gasteiger partial charge in [-0.2, -0.15) is 0 Å². The van der Waals surface area contributed by atoms with Crippen LogP contribution in [0.1, 0.15) is 48.5 Å². The van der Waals surface area contributed by atoms with Crippen molar-refractivity contribution >= 4 is 0 Å². The molecule has 0 N–H and O–H groups in total. The molecular weight excluding hydrogens is 172 g/mol. The average molecular weight is 196 g/mol. The first-order valence-electron chi connectivity index (χ1n) is 5.08. The van der Waals surface area contributed by atoms with Gasteiger partial charge in [0.2, 0.25) is 0 Å². The van der Waals surface area contributed by atoms with E-state index in [1.54, 1.807) is 0 Å². The maximum Gasteiger partial charge on any atom is 0.101 e. The molecule has 0 radical (unpaired) electrons. The van der Waals surface area contributed by atoms with Crippen LogP contribution in [-0.4, -0.2) is 0 Å². The first kappa shape index (κ1) is 13.3. The number of hydrogen-bond donors (Lipinski definition) is 0. The second kappa shape index (κ2) is 4.20. The highest BCUT2D eigenvalue weighted by Crippen LogP contribution is 2.28. The van der Waals surface area contributed by atoms with Crippen molar-refractivity contribution in [2.24, 2.45) is 10.8 Å². The van der Waals surface area contributed by atoms with Gasteiger partial charge in [0, 0.05) is 5.41 Å². The van der Waals surface area contributed by atoms with Gasteiger partial charge in [-0.1, -0.05) is 48.1 Å². The van der Waals surface area contributed by atoms with Crippen LogP contribution in [0.15, 0.2) is 24.2 Å². The van der Waals surface area contributed by atoms with Crippen molar-refractivity contribution in [1.29, 1.82) is 0 Å². The summed E-state index contributed by atoms with van der Waals surface area (Å²) in [7, 11) is 0. The molecule has 0 aromatic carbocycles. The summed E-state index contributed by atoms with van der Waals surface area (Å²) in [5, 5.41) is 0. The third-order valence-corrected chi connectivity index (χ3v) is 2.40. The highest BCUT2D eigenvalue weighted by molar-refractivity contribution is 5.07. The largest absolute Gasteiger partial charge is 0.469 e. The fourth-order valence-electron chi connectivity index (χ4n) is 0.513. The van der Waals surface area contributed by atoms with Crippen LogP contribution in [0, 0.1) is 10.8 Å². The summed E-state index contributed by atoms with van der Waals surface area (Å²) in [4.78, 5) is 0. The lowest BCUT2D eigenvalue weighted by Gasteiger charge is -2.23. The van der Waals surface area contributed by atoms with Crippen molar-refractivity contribution in [3.8, 4) is 0 Å². The smallest absolute Gasteiger partial charge is 0.101 e. The SMILES string of the molecule is C=C(O/C=C(\C)C(C)(C)C)C(C)(C)C. The lowest BCUT2D eigenvalue weighted by Crippen LogP contribution is -2.11. The lowest BCUT2D eigenvalue weighted by molar-refractivity contribution is 0.241. The van der Waals surface area contributed by atoms with Crippen LogP contribution in [0.25, 0.3) is 0 Å². The van der Waals surface area contributed by atoms with E-state index in [1.807, 2.05) is 6.26 Å². The summed E-state index contributed by atoms with van der Waals surface area (Å²) in [6.07, 6.45) is 1.81. The molecule has 0 aliphatic rings. The van der Waals surface area contributed by atoms with Gasteiger partial charge in [-0.25, -0.2) is 0 Å². The van der Waals surface area contributed by atoms with Gasteiger partial charge in [0.05, 0.1) is 6.26 Å². The van der Waals surface area contributed by atoms with Gasteiger partial charge in [0.15, 0.2) is 0 Å². The van der Waals surface area contributed by atoms with Crippen LogP contribution in [0.5, 0.6) is 0 Å². The lowest BCUT2D eigenvalue weighted by atomic mass is 9.88. The van der Waals surface area contributed by atoms with Crippen molar-refractivity contribution in [3.63, 3.8) is 0 Å². The topological polar surface area (TPSA) is 9.23 Å². The molecule has 0 aliphatic heterocycles. The minimum atomic E-state index is 0.00860. The van der Waals surface area contributed by atoms with Crippen LogP contribution in [0.4, 0.5) is 0 Å². The van der Waals surface area contributed by atoms with Gasteiger partial charge in [-0.3, -0.25) is 0 Å². The molecule has 0 heterocycles. The second-order valence-corrected chi connectivity index (χ2v) is 5.84. The summed E-state index contributed by atoms with van der Waals surface area (Å²) in [5.74, 6) is 0.807. The van der Waals surface area contributed by atoms with E-state index in [2.05, 4.69) is 55.0 Å². The van der Waals surface area contributed by atoms with Crippen LogP contribution in [0.2, 0.25) is 0 Å². The molecule has 0 fully saturated rings. The summed E-state index contributed by atoms with van der Waals surface area (Å²) in [6.45, 7) is 18.8. The quantitative estimate of drug-likeness (QED) is 0.590. The predicted molar refractivity (Wildman–Crippen MR) is 62.9 cm³/mol. The highest BCUT2D eigenvalue weighted by atomic mass is 16.5. The van der Waals surface area contributed by atoms with Crippen LogP contribution < -0.4 is 0 Å². The predicted octanol–water partition coefficient (Wildman–Crippen LogP) is 4.51.